The van der Waals surface area contributed by atoms with Gasteiger partial charge in [0.1, 0.15) is 5.75 Å². The number of carbonyl (C=O) groups excluding carboxylic acids is 2. The van der Waals surface area contributed by atoms with Crippen LogP contribution in [0.5, 0.6) is 5.75 Å². The van der Waals surface area contributed by atoms with Gasteiger partial charge >= 0.3 is 0 Å². The third-order valence-corrected chi connectivity index (χ3v) is 4.55. The number of rotatable bonds is 7. The van der Waals surface area contributed by atoms with E-state index < -0.39 is 0 Å². The number of ether oxygens (including phenoxy) is 1. The van der Waals surface area contributed by atoms with Crippen molar-refractivity contribution in [3.05, 3.63) is 95.1 Å². The van der Waals surface area contributed by atoms with Gasteiger partial charge < -0.3 is 15.4 Å². The normalized spacial score (nSPS) is 10.3. The predicted molar refractivity (Wildman–Crippen MR) is 115 cm³/mol. The molecule has 0 heterocycles. The molecule has 0 bridgehead atoms. The topological polar surface area (TPSA) is 67.4 Å². The number of nitrogens with one attached hydrogen (secondary N) is 2. The van der Waals surface area contributed by atoms with Gasteiger partial charge in [0.05, 0.1) is 7.11 Å². The second kappa shape index (κ2) is 9.55. The molecule has 0 saturated carbocycles. The van der Waals surface area contributed by atoms with Gasteiger partial charge in [-0.05, 0) is 67.4 Å². The lowest BCUT2D eigenvalue weighted by Crippen LogP contribution is -2.25. The lowest BCUT2D eigenvalue weighted by molar-refractivity contribution is 0.0952. The van der Waals surface area contributed by atoms with E-state index in [1.807, 2.05) is 55.5 Å². The van der Waals surface area contributed by atoms with Gasteiger partial charge in [0.2, 0.25) is 0 Å². The van der Waals surface area contributed by atoms with Crippen molar-refractivity contribution in [1.82, 2.24) is 5.32 Å². The summed E-state index contributed by atoms with van der Waals surface area (Å²) in [6, 6.07) is 22.0. The van der Waals surface area contributed by atoms with E-state index in [1.165, 1.54) is 0 Å². The summed E-state index contributed by atoms with van der Waals surface area (Å²) in [7, 11) is 1.63. The highest BCUT2D eigenvalue weighted by atomic mass is 16.5. The van der Waals surface area contributed by atoms with E-state index >= 15 is 0 Å². The number of hydrogen-bond acceptors (Lipinski definition) is 3. The third-order valence-electron chi connectivity index (χ3n) is 4.55. The average molecular weight is 388 g/mol. The van der Waals surface area contributed by atoms with Crippen LogP contribution < -0.4 is 15.4 Å². The highest BCUT2D eigenvalue weighted by Gasteiger charge is 2.09. The molecule has 3 aromatic carbocycles. The van der Waals surface area contributed by atoms with Crippen LogP contribution in [0.1, 0.15) is 31.8 Å². The Balaban J connectivity index is 1.52. The maximum absolute atomic E-state index is 12.3. The molecule has 148 valence electrons. The van der Waals surface area contributed by atoms with E-state index in [2.05, 4.69) is 10.6 Å². The maximum Gasteiger partial charge on any atom is 0.255 e. The summed E-state index contributed by atoms with van der Waals surface area (Å²) in [5.74, 6) is 0.422. The molecule has 0 aliphatic heterocycles. The summed E-state index contributed by atoms with van der Waals surface area (Å²) in [5.41, 5.74) is 3.97. The molecule has 2 N–H and O–H groups in total. The van der Waals surface area contributed by atoms with E-state index in [-0.39, 0.29) is 11.8 Å². The molecule has 2 amide bonds. The molecular weight excluding hydrogens is 364 g/mol. The van der Waals surface area contributed by atoms with Gasteiger partial charge in [-0.2, -0.15) is 0 Å². The van der Waals surface area contributed by atoms with Crippen LogP contribution in [0.4, 0.5) is 5.69 Å². The maximum atomic E-state index is 12.3. The third kappa shape index (κ3) is 5.69. The smallest absolute Gasteiger partial charge is 0.255 e. The predicted octanol–water partition coefficient (Wildman–Crippen LogP) is 4.23. The van der Waals surface area contributed by atoms with Crippen molar-refractivity contribution in [3.8, 4) is 5.75 Å². The molecule has 0 atom stereocenters. The summed E-state index contributed by atoms with van der Waals surface area (Å²) >= 11 is 0. The Morgan fingerprint density at radius 2 is 1.52 bits per heavy atom. The van der Waals surface area contributed by atoms with E-state index in [1.54, 1.807) is 31.4 Å². The zero-order valence-electron chi connectivity index (χ0n) is 16.6. The van der Waals surface area contributed by atoms with Crippen LogP contribution in [0.2, 0.25) is 0 Å². The van der Waals surface area contributed by atoms with Crippen molar-refractivity contribution < 1.29 is 14.3 Å². The molecule has 5 heteroatoms. The molecule has 0 unspecified atom stereocenters. The second-order valence-electron chi connectivity index (χ2n) is 6.75. The van der Waals surface area contributed by atoms with Crippen molar-refractivity contribution in [2.45, 2.75) is 13.3 Å². The fourth-order valence-electron chi connectivity index (χ4n) is 2.86. The second-order valence-corrected chi connectivity index (χ2v) is 6.75. The summed E-state index contributed by atoms with van der Waals surface area (Å²) < 4.78 is 5.20. The van der Waals surface area contributed by atoms with Crippen molar-refractivity contribution in [2.24, 2.45) is 0 Å². The quantitative estimate of drug-likeness (QED) is 0.637. The fraction of sp³-hybridized carbons (Fsp3) is 0.167. The Bertz CT molecular complexity index is 980. The molecule has 0 aliphatic rings. The number of anilines is 1. The number of methoxy groups -OCH3 is 1. The van der Waals surface area contributed by atoms with Crippen LogP contribution in [0.15, 0.2) is 72.8 Å². The summed E-state index contributed by atoms with van der Waals surface area (Å²) in [6.45, 7) is 2.51. The lowest BCUT2D eigenvalue weighted by Gasteiger charge is -2.08. The molecule has 0 saturated heterocycles. The van der Waals surface area contributed by atoms with E-state index in [4.69, 9.17) is 4.74 Å². The number of amides is 2. The molecule has 5 nitrogen and oxygen atoms in total. The first-order chi connectivity index (χ1) is 14.0. The molecule has 0 aliphatic carbocycles. The first-order valence-corrected chi connectivity index (χ1v) is 9.44. The van der Waals surface area contributed by atoms with E-state index in [0.717, 1.165) is 22.6 Å². The van der Waals surface area contributed by atoms with Crippen LogP contribution in [-0.2, 0) is 6.42 Å². The van der Waals surface area contributed by atoms with Crippen LogP contribution in [-0.4, -0.2) is 25.5 Å². The first kappa shape index (κ1) is 20.1. The van der Waals surface area contributed by atoms with Gasteiger partial charge in [0.25, 0.3) is 11.8 Å². The average Bonchev–Trinajstić information content (AvgIpc) is 2.75. The number of aryl methyl sites for hydroxylation is 1. The zero-order chi connectivity index (χ0) is 20.6. The van der Waals surface area contributed by atoms with Gasteiger partial charge in [-0.25, -0.2) is 0 Å². The molecular formula is C24H24N2O3. The minimum absolute atomic E-state index is 0.168. The van der Waals surface area contributed by atoms with Gasteiger partial charge in [-0.15, -0.1) is 0 Å². The molecule has 29 heavy (non-hydrogen) atoms. The standard InChI is InChI=1S/C24H24N2O3/c1-17-6-12-21(13-7-17)26-24(28)20-10-8-19(9-11-20)23(27)25-15-14-18-4-3-5-22(16-18)29-2/h3-13,16H,14-15H2,1-2H3,(H,25,27)(H,26,28). The van der Waals surface area contributed by atoms with Gasteiger partial charge in [-0.3, -0.25) is 9.59 Å². The summed E-state index contributed by atoms with van der Waals surface area (Å²) in [6.07, 6.45) is 0.708. The Morgan fingerprint density at radius 1 is 0.862 bits per heavy atom. The number of hydrogen-bond donors (Lipinski definition) is 2. The van der Waals surface area contributed by atoms with Crippen molar-refractivity contribution >= 4 is 17.5 Å². The van der Waals surface area contributed by atoms with Crippen LogP contribution in [0, 0.1) is 6.92 Å². The zero-order valence-corrected chi connectivity index (χ0v) is 16.6. The SMILES string of the molecule is COc1cccc(CCNC(=O)c2ccc(C(=O)Nc3ccc(C)cc3)cc2)c1. The molecule has 0 aromatic heterocycles. The Labute approximate surface area is 170 Å². The minimum Gasteiger partial charge on any atom is -0.497 e. The van der Waals surface area contributed by atoms with Crippen molar-refractivity contribution in [3.63, 3.8) is 0 Å². The first-order valence-electron chi connectivity index (χ1n) is 9.44. The molecule has 0 radical (unpaired) electrons. The Kier molecular flexibility index (Phi) is 6.63. The Morgan fingerprint density at radius 3 is 2.17 bits per heavy atom. The van der Waals surface area contributed by atoms with Crippen molar-refractivity contribution in [1.29, 1.82) is 0 Å². The number of benzene rings is 3. The molecule has 0 fully saturated rings. The monoisotopic (exact) mass is 388 g/mol. The summed E-state index contributed by atoms with van der Waals surface area (Å²) in [5, 5.41) is 5.74. The van der Waals surface area contributed by atoms with E-state index in [0.29, 0.717) is 24.1 Å². The number of carbonyl (C=O) groups is 2. The van der Waals surface area contributed by atoms with Crippen LogP contribution in [0.25, 0.3) is 0 Å². The van der Waals surface area contributed by atoms with Crippen molar-refractivity contribution in [2.75, 3.05) is 19.0 Å². The highest BCUT2D eigenvalue weighted by Crippen LogP contribution is 2.13. The fourth-order valence-corrected chi connectivity index (χ4v) is 2.86. The van der Waals surface area contributed by atoms with Gasteiger partial charge in [0, 0.05) is 23.4 Å². The van der Waals surface area contributed by atoms with E-state index in [9.17, 15) is 9.59 Å². The van der Waals surface area contributed by atoms with Crippen LogP contribution >= 0.6 is 0 Å². The lowest BCUT2D eigenvalue weighted by atomic mass is 10.1. The van der Waals surface area contributed by atoms with Gasteiger partial charge in [0.15, 0.2) is 0 Å². The molecule has 3 aromatic rings. The Hall–Kier alpha value is -3.60. The minimum atomic E-state index is -0.209. The largest absolute Gasteiger partial charge is 0.497 e. The highest BCUT2D eigenvalue weighted by molar-refractivity contribution is 6.05. The van der Waals surface area contributed by atoms with Gasteiger partial charge in [-0.1, -0.05) is 29.8 Å². The van der Waals surface area contributed by atoms with Crippen LogP contribution in [0.3, 0.4) is 0 Å². The molecule has 0 spiro atoms. The summed E-state index contributed by atoms with van der Waals surface area (Å²) in [4.78, 5) is 24.7. The molecule has 3 rings (SSSR count).